The van der Waals surface area contributed by atoms with E-state index < -0.39 is 0 Å². The quantitative estimate of drug-likeness (QED) is 0.824. The van der Waals surface area contributed by atoms with Gasteiger partial charge in [0.1, 0.15) is 0 Å². The maximum Gasteiger partial charge on any atom is 0.0342 e. The molecule has 19 heavy (non-hydrogen) atoms. The fraction of sp³-hybridized carbons (Fsp3) is 1.00. The smallest absolute Gasteiger partial charge is 0.0342 e. The molecule has 0 aromatic carbocycles. The molecular formula is C17H32N2. The molecule has 2 nitrogen and oxygen atoms in total. The van der Waals surface area contributed by atoms with Gasteiger partial charge < -0.3 is 5.73 Å². The van der Waals surface area contributed by atoms with E-state index in [4.69, 9.17) is 5.73 Å². The van der Waals surface area contributed by atoms with Crippen molar-refractivity contribution < 1.29 is 0 Å². The highest BCUT2D eigenvalue weighted by Gasteiger charge is 2.50. The van der Waals surface area contributed by atoms with Crippen LogP contribution in [0.3, 0.4) is 0 Å². The van der Waals surface area contributed by atoms with E-state index in [-0.39, 0.29) is 0 Å². The molecule has 2 atom stereocenters. The minimum Gasteiger partial charge on any atom is -0.329 e. The topological polar surface area (TPSA) is 29.3 Å². The highest BCUT2D eigenvalue weighted by Crippen LogP contribution is 2.50. The second-order valence-corrected chi connectivity index (χ2v) is 8.61. The van der Waals surface area contributed by atoms with Gasteiger partial charge in [0.25, 0.3) is 0 Å². The molecule has 3 aliphatic rings. The van der Waals surface area contributed by atoms with Crippen LogP contribution in [0.5, 0.6) is 0 Å². The summed E-state index contributed by atoms with van der Waals surface area (Å²) in [6.07, 6.45) is 9.77. The van der Waals surface area contributed by atoms with E-state index in [0.29, 0.717) is 11.0 Å². The lowest BCUT2D eigenvalue weighted by Gasteiger charge is -2.53. The van der Waals surface area contributed by atoms with Gasteiger partial charge >= 0.3 is 0 Å². The minimum absolute atomic E-state index is 0.310. The van der Waals surface area contributed by atoms with Crippen LogP contribution in [0.1, 0.15) is 65.7 Å². The molecule has 3 aliphatic carbocycles. The second kappa shape index (κ2) is 4.73. The molecule has 2 heteroatoms. The van der Waals surface area contributed by atoms with Crippen LogP contribution in [0, 0.1) is 17.3 Å². The van der Waals surface area contributed by atoms with Gasteiger partial charge in [-0.05, 0) is 62.2 Å². The molecule has 0 radical (unpaired) electrons. The van der Waals surface area contributed by atoms with Crippen LogP contribution in [-0.4, -0.2) is 29.6 Å². The van der Waals surface area contributed by atoms with Crippen LogP contribution in [0.15, 0.2) is 0 Å². The van der Waals surface area contributed by atoms with Crippen LogP contribution in [0.2, 0.25) is 0 Å². The van der Waals surface area contributed by atoms with Crippen LogP contribution in [-0.2, 0) is 0 Å². The number of hydrogen-bond acceptors (Lipinski definition) is 2. The molecule has 3 fully saturated rings. The molecule has 2 unspecified atom stereocenters. The summed E-state index contributed by atoms with van der Waals surface area (Å²) in [5.41, 5.74) is 7.12. The monoisotopic (exact) mass is 264 g/mol. The summed E-state index contributed by atoms with van der Waals surface area (Å²) in [7, 11) is 0. The molecule has 0 spiro atoms. The van der Waals surface area contributed by atoms with Gasteiger partial charge in [0.2, 0.25) is 0 Å². The Morgan fingerprint density at radius 1 is 1.11 bits per heavy atom. The third kappa shape index (κ3) is 3.00. The number of hydrogen-bond donors (Lipinski definition) is 1. The zero-order chi connectivity index (χ0) is 13.7. The van der Waals surface area contributed by atoms with Gasteiger partial charge in [-0.2, -0.15) is 0 Å². The average Bonchev–Trinajstić information content (AvgIpc) is 3.15. The molecule has 0 aromatic rings. The van der Waals surface area contributed by atoms with E-state index in [2.05, 4.69) is 25.7 Å². The van der Waals surface area contributed by atoms with Gasteiger partial charge in [0.05, 0.1) is 0 Å². The lowest BCUT2D eigenvalue weighted by atomic mass is 9.63. The van der Waals surface area contributed by atoms with Crippen LogP contribution in [0.4, 0.5) is 0 Å². The Morgan fingerprint density at radius 3 is 2.26 bits per heavy atom. The maximum atomic E-state index is 6.34. The number of nitrogens with zero attached hydrogens (tertiary/aromatic N) is 1. The van der Waals surface area contributed by atoms with Gasteiger partial charge in [-0.15, -0.1) is 0 Å². The summed E-state index contributed by atoms with van der Waals surface area (Å²) in [6.45, 7) is 9.55. The van der Waals surface area contributed by atoms with Crippen molar-refractivity contribution in [2.75, 3.05) is 13.1 Å². The van der Waals surface area contributed by atoms with E-state index in [1.807, 2.05) is 0 Å². The molecule has 0 bridgehead atoms. The molecule has 110 valence electrons. The minimum atomic E-state index is 0.310. The van der Waals surface area contributed by atoms with Crippen molar-refractivity contribution in [3.8, 4) is 0 Å². The van der Waals surface area contributed by atoms with E-state index >= 15 is 0 Å². The standard InChI is InChI=1S/C17H32N2/c1-13-8-16(2,3)11-17(9-13,12-18)19(15-6-7-15)10-14-4-5-14/h13-15H,4-12,18H2,1-3H3. The van der Waals surface area contributed by atoms with E-state index in [9.17, 15) is 0 Å². The highest BCUT2D eigenvalue weighted by atomic mass is 15.3. The van der Waals surface area contributed by atoms with E-state index in [0.717, 1.165) is 24.4 Å². The Morgan fingerprint density at radius 2 is 1.79 bits per heavy atom. The van der Waals surface area contributed by atoms with Crippen molar-refractivity contribution in [1.29, 1.82) is 0 Å². The molecule has 0 aliphatic heterocycles. The number of nitrogens with two attached hydrogens (primary N) is 1. The first-order chi connectivity index (χ1) is 8.94. The Balaban J connectivity index is 1.81. The molecule has 0 heterocycles. The molecule has 2 N–H and O–H groups in total. The highest BCUT2D eigenvalue weighted by molar-refractivity contribution is 5.06. The molecule has 0 aromatic heterocycles. The van der Waals surface area contributed by atoms with Crippen molar-refractivity contribution in [3.63, 3.8) is 0 Å². The first kappa shape index (κ1) is 13.9. The summed E-state index contributed by atoms with van der Waals surface area (Å²) < 4.78 is 0. The molecule has 0 saturated heterocycles. The van der Waals surface area contributed by atoms with Gasteiger partial charge in [-0.3, -0.25) is 4.90 Å². The largest absolute Gasteiger partial charge is 0.329 e. The van der Waals surface area contributed by atoms with Crippen molar-refractivity contribution >= 4 is 0 Å². The lowest BCUT2D eigenvalue weighted by molar-refractivity contribution is -0.0196. The predicted octanol–water partition coefficient (Wildman–Crippen LogP) is 3.40. The van der Waals surface area contributed by atoms with Gasteiger partial charge in [-0.1, -0.05) is 20.8 Å². The van der Waals surface area contributed by atoms with E-state index in [1.165, 1.54) is 51.5 Å². The summed E-state index contributed by atoms with van der Waals surface area (Å²) in [5, 5.41) is 0. The van der Waals surface area contributed by atoms with E-state index in [1.54, 1.807) is 0 Å². The predicted molar refractivity (Wildman–Crippen MR) is 81.0 cm³/mol. The summed E-state index contributed by atoms with van der Waals surface area (Å²) in [5.74, 6) is 1.82. The lowest BCUT2D eigenvalue weighted by Crippen LogP contribution is -2.60. The van der Waals surface area contributed by atoms with Gasteiger partial charge in [0.15, 0.2) is 0 Å². The second-order valence-electron chi connectivity index (χ2n) is 8.61. The summed E-state index contributed by atoms with van der Waals surface area (Å²) in [6, 6.07) is 0.866. The average molecular weight is 264 g/mol. The molecular weight excluding hydrogens is 232 g/mol. The molecule has 3 rings (SSSR count). The maximum absolute atomic E-state index is 6.34. The van der Waals surface area contributed by atoms with Crippen molar-refractivity contribution in [1.82, 2.24) is 4.90 Å². The fourth-order valence-corrected chi connectivity index (χ4v) is 4.89. The van der Waals surface area contributed by atoms with Crippen LogP contribution in [0.25, 0.3) is 0 Å². The Labute approximate surface area is 119 Å². The fourth-order valence-electron chi connectivity index (χ4n) is 4.89. The Kier molecular flexibility index (Phi) is 3.46. The van der Waals surface area contributed by atoms with Crippen molar-refractivity contribution in [2.24, 2.45) is 23.0 Å². The number of rotatable bonds is 5. The Bertz CT molecular complexity index is 330. The normalized spacial score (nSPS) is 38.7. The van der Waals surface area contributed by atoms with Gasteiger partial charge in [-0.25, -0.2) is 0 Å². The van der Waals surface area contributed by atoms with Crippen molar-refractivity contribution in [3.05, 3.63) is 0 Å². The molecule has 3 saturated carbocycles. The zero-order valence-electron chi connectivity index (χ0n) is 13.1. The Hall–Kier alpha value is -0.0800. The molecule has 0 amide bonds. The zero-order valence-corrected chi connectivity index (χ0v) is 13.1. The van der Waals surface area contributed by atoms with Gasteiger partial charge in [0, 0.05) is 24.7 Å². The summed E-state index contributed by atoms with van der Waals surface area (Å²) >= 11 is 0. The van der Waals surface area contributed by atoms with Crippen LogP contribution < -0.4 is 5.73 Å². The van der Waals surface area contributed by atoms with Crippen molar-refractivity contribution in [2.45, 2.75) is 77.3 Å². The third-order valence-corrected chi connectivity index (χ3v) is 5.57. The SMILES string of the molecule is CC1CC(C)(C)CC(CN)(N(CC2CC2)C2CC2)C1. The van der Waals surface area contributed by atoms with Crippen LogP contribution >= 0.6 is 0 Å². The first-order valence-electron chi connectivity index (χ1n) is 8.41. The third-order valence-electron chi connectivity index (χ3n) is 5.57. The first-order valence-corrected chi connectivity index (χ1v) is 8.41. The summed E-state index contributed by atoms with van der Waals surface area (Å²) in [4.78, 5) is 2.88.